The number of carboxylic acids is 2. The van der Waals surface area contributed by atoms with Gasteiger partial charge in [-0.1, -0.05) is 32.9 Å². The van der Waals surface area contributed by atoms with Crippen molar-refractivity contribution in [2.45, 2.75) is 46.0 Å². The van der Waals surface area contributed by atoms with Gasteiger partial charge in [0.05, 0.1) is 19.8 Å². The molecule has 2 N–H and O–H groups in total. The van der Waals surface area contributed by atoms with Crippen molar-refractivity contribution in [2.24, 2.45) is 0 Å². The molecule has 0 amide bonds. The molecule has 1 saturated heterocycles. The van der Waals surface area contributed by atoms with Crippen LogP contribution in [-0.2, 0) is 19.7 Å². The van der Waals surface area contributed by atoms with E-state index in [-0.39, 0.29) is 5.41 Å². The molecule has 158 valence electrons. The predicted molar refractivity (Wildman–Crippen MR) is 107 cm³/mol. The Morgan fingerprint density at radius 1 is 1.11 bits per heavy atom. The lowest BCUT2D eigenvalue weighted by molar-refractivity contribution is -0.159. The number of hydrogen-bond donors (Lipinski definition) is 2. The van der Waals surface area contributed by atoms with Gasteiger partial charge in [0.2, 0.25) is 0 Å². The summed E-state index contributed by atoms with van der Waals surface area (Å²) in [6, 6.07) is 6.57. The molecule has 0 unspecified atom stereocenters. The maximum atomic E-state index is 9.10. The van der Waals surface area contributed by atoms with Gasteiger partial charge in [-0.2, -0.15) is 0 Å². The Bertz CT molecular complexity index is 620. The molecule has 0 aromatic heterocycles. The third-order valence-electron chi connectivity index (χ3n) is 4.45. The van der Waals surface area contributed by atoms with Crippen LogP contribution in [0.15, 0.2) is 18.2 Å². The van der Waals surface area contributed by atoms with E-state index in [9.17, 15) is 0 Å². The van der Waals surface area contributed by atoms with Crippen LogP contribution in [0, 0.1) is 6.92 Å². The van der Waals surface area contributed by atoms with E-state index in [2.05, 4.69) is 50.8 Å². The quantitative estimate of drug-likeness (QED) is 0.565. The number of aryl methyl sites for hydroxylation is 1. The van der Waals surface area contributed by atoms with Gasteiger partial charge in [0.1, 0.15) is 5.75 Å². The van der Waals surface area contributed by atoms with Crippen LogP contribution in [0.3, 0.4) is 0 Å². The summed E-state index contributed by atoms with van der Waals surface area (Å²) in [5.41, 5.74) is 2.80. The van der Waals surface area contributed by atoms with Gasteiger partial charge in [0.25, 0.3) is 0 Å². The number of morpholine rings is 1. The average Bonchev–Trinajstić information content (AvgIpc) is 2.63. The number of unbranched alkanes of at least 4 members (excludes halogenated alkanes) is 1. The molecule has 1 aromatic rings. The summed E-state index contributed by atoms with van der Waals surface area (Å²) in [6.45, 7) is 14.8. The topological polar surface area (TPSA) is 96.3 Å². The summed E-state index contributed by atoms with van der Waals surface area (Å²) < 4.78 is 11.3. The first-order chi connectivity index (χ1) is 13.1. The highest BCUT2D eigenvalue weighted by Gasteiger charge is 2.14. The van der Waals surface area contributed by atoms with Gasteiger partial charge in [-0.25, -0.2) is 9.59 Å². The Morgan fingerprint density at radius 2 is 1.71 bits per heavy atom. The van der Waals surface area contributed by atoms with E-state index >= 15 is 0 Å². The lowest BCUT2D eigenvalue weighted by atomic mass is 9.86. The Labute approximate surface area is 167 Å². The molecule has 7 nitrogen and oxygen atoms in total. The predicted octanol–water partition coefficient (Wildman–Crippen LogP) is 2.94. The van der Waals surface area contributed by atoms with Gasteiger partial charge < -0.3 is 19.7 Å². The molecule has 1 fully saturated rings. The average molecular weight is 395 g/mol. The number of aliphatic carboxylic acids is 2. The zero-order valence-electron chi connectivity index (χ0n) is 17.4. The van der Waals surface area contributed by atoms with Crippen LogP contribution in [-0.4, -0.2) is 66.5 Å². The molecule has 0 bridgehead atoms. The molecule has 0 atom stereocenters. The van der Waals surface area contributed by atoms with Crippen LogP contribution in [0.5, 0.6) is 5.75 Å². The molecular weight excluding hydrogens is 362 g/mol. The summed E-state index contributed by atoms with van der Waals surface area (Å²) in [4.78, 5) is 20.7. The first kappa shape index (κ1) is 23.9. The smallest absolute Gasteiger partial charge is 0.414 e. The van der Waals surface area contributed by atoms with E-state index in [4.69, 9.17) is 29.3 Å². The van der Waals surface area contributed by atoms with Crippen LogP contribution in [0.4, 0.5) is 0 Å². The fraction of sp³-hybridized carbons (Fsp3) is 0.619. The molecule has 0 radical (unpaired) electrons. The molecule has 1 heterocycles. The van der Waals surface area contributed by atoms with Gasteiger partial charge in [-0.3, -0.25) is 4.90 Å². The standard InChI is InChI=1S/C19H31NO2.C2H2O4/c1-16-15-17(19(2,3)4)7-8-18(16)22-12-6-5-9-20-10-13-21-14-11-20;3-1(4)2(5)6/h7-8,15H,5-6,9-14H2,1-4H3;(H,3,4)(H,5,6). The Hall–Kier alpha value is -2.12. The highest BCUT2D eigenvalue weighted by molar-refractivity contribution is 6.27. The van der Waals surface area contributed by atoms with Gasteiger partial charge in [-0.15, -0.1) is 0 Å². The first-order valence-corrected chi connectivity index (χ1v) is 9.61. The minimum atomic E-state index is -1.82. The number of benzene rings is 1. The summed E-state index contributed by atoms with van der Waals surface area (Å²) in [5.74, 6) is -2.62. The Balaban J connectivity index is 0.000000568. The number of carbonyl (C=O) groups is 2. The SMILES string of the molecule is Cc1cc(C(C)(C)C)ccc1OCCCCN1CCOCC1.O=C(O)C(=O)O. The molecule has 2 rings (SSSR count). The maximum Gasteiger partial charge on any atom is 0.414 e. The second-order valence-electron chi connectivity index (χ2n) is 7.85. The maximum absolute atomic E-state index is 9.10. The second-order valence-corrected chi connectivity index (χ2v) is 7.85. The fourth-order valence-electron chi connectivity index (χ4n) is 2.72. The molecule has 1 aliphatic heterocycles. The van der Waals surface area contributed by atoms with E-state index < -0.39 is 11.9 Å². The van der Waals surface area contributed by atoms with Crippen molar-refractivity contribution >= 4 is 11.9 Å². The number of rotatable bonds is 6. The van der Waals surface area contributed by atoms with Crippen molar-refractivity contribution in [2.75, 3.05) is 39.5 Å². The van der Waals surface area contributed by atoms with Crippen LogP contribution in [0.2, 0.25) is 0 Å². The Kier molecular flexibility index (Phi) is 9.96. The van der Waals surface area contributed by atoms with Gasteiger partial charge in [-0.05, 0) is 48.9 Å². The van der Waals surface area contributed by atoms with E-state index in [1.54, 1.807) is 0 Å². The van der Waals surface area contributed by atoms with Gasteiger partial charge in [0, 0.05) is 13.1 Å². The number of hydrogen-bond acceptors (Lipinski definition) is 5. The fourth-order valence-corrected chi connectivity index (χ4v) is 2.72. The molecule has 1 aromatic carbocycles. The van der Waals surface area contributed by atoms with Crippen molar-refractivity contribution in [3.05, 3.63) is 29.3 Å². The van der Waals surface area contributed by atoms with E-state index in [1.165, 1.54) is 17.5 Å². The highest BCUT2D eigenvalue weighted by Crippen LogP contribution is 2.27. The molecule has 28 heavy (non-hydrogen) atoms. The van der Waals surface area contributed by atoms with Crippen molar-refractivity contribution < 1.29 is 29.3 Å². The monoisotopic (exact) mass is 395 g/mol. The highest BCUT2D eigenvalue weighted by atomic mass is 16.5. The largest absolute Gasteiger partial charge is 0.493 e. The molecule has 1 aliphatic rings. The van der Waals surface area contributed by atoms with Crippen molar-refractivity contribution in [1.82, 2.24) is 4.90 Å². The zero-order chi connectivity index (χ0) is 21.2. The molecule has 0 spiro atoms. The van der Waals surface area contributed by atoms with Crippen molar-refractivity contribution in [3.63, 3.8) is 0 Å². The number of carboxylic acid groups (broad SMARTS) is 2. The third kappa shape index (κ3) is 9.19. The van der Waals surface area contributed by atoms with Crippen LogP contribution in [0.25, 0.3) is 0 Å². The van der Waals surface area contributed by atoms with E-state index in [0.717, 1.165) is 51.6 Å². The minimum Gasteiger partial charge on any atom is -0.493 e. The summed E-state index contributed by atoms with van der Waals surface area (Å²) in [7, 11) is 0. The van der Waals surface area contributed by atoms with Crippen molar-refractivity contribution in [1.29, 1.82) is 0 Å². The lowest BCUT2D eigenvalue weighted by Crippen LogP contribution is -2.36. The Morgan fingerprint density at radius 3 is 2.21 bits per heavy atom. The molecule has 0 aliphatic carbocycles. The summed E-state index contributed by atoms with van der Waals surface area (Å²) >= 11 is 0. The zero-order valence-corrected chi connectivity index (χ0v) is 17.4. The van der Waals surface area contributed by atoms with Gasteiger partial charge in [0.15, 0.2) is 0 Å². The van der Waals surface area contributed by atoms with Gasteiger partial charge >= 0.3 is 11.9 Å². The van der Waals surface area contributed by atoms with Crippen LogP contribution >= 0.6 is 0 Å². The third-order valence-corrected chi connectivity index (χ3v) is 4.45. The molecule has 0 saturated carbocycles. The first-order valence-electron chi connectivity index (χ1n) is 9.61. The van der Waals surface area contributed by atoms with Crippen LogP contribution < -0.4 is 4.74 Å². The molecular formula is C21H33NO6. The minimum absolute atomic E-state index is 0.196. The lowest BCUT2D eigenvalue weighted by Gasteiger charge is -2.26. The number of nitrogens with zero attached hydrogens (tertiary/aromatic N) is 1. The van der Waals surface area contributed by atoms with Crippen molar-refractivity contribution in [3.8, 4) is 5.75 Å². The van der Waals surface area contributed by atoms with E-state index in [1.807, 2.05) is 0 Å². The number of ether oxygens (including phenoxy) is 2. The van der Waals surface area contributed by atoms with Crippen LogP contribution in [0.1, 0.15) is 44.7 Å². The summed E-state index contributed by atoms with van der Waals surface area (Å²) in [5, 5.41) is 14.8. The second kappa shape index (κ2) is 11.7. The summed E-state index contributed by atoms with van der Waals surface area (Å²) in [6.07, 6.45) is 2.30. The normalized spacial score (nSPS) is 14.7. The van der Waals surface area contributed by atoms with E-state index in [0.29, 0.717) is 0 Å². The molecule has 7 heteroatoms.